The van der Waals surface area contributed by atoms with Crippen LogP contribution >= 0.6 is 0 Å². The summed E-state index contributed by atoms with van der Waals surface area (Å²) in [4.78, 5) is 23.6. The first kappa shape index (κ1) is 16.3. The molecule has 2 fully saturated rings. The van der Waals surface area contributed by atoms with Crippen LogP contribution in [0.4, 0.5) is 5.82 Å². The number of carbonyl (C=O) groups is 1. The Morgan fingerprint density at radius 2 is 2.04 bits per heavy atom. The average Bonchev–Trinajstić information content (AvgIpc) is 2.81. The molecule has 2 atom stereocenters. The Labute approximate surface area is 148 Å². The first-order valence-electron chi connectivity index (χ1n) is 9.08. The molecule has 1 amide bonds. The highest BCUT2D eigenvalue weighted by molar-refractivity contribution is 5.90. The Morgan fingerprint density at radius 3 is 2.88 bits per heavy atom. The number of hydrogen-bond acceptors (Lipinski definition) is 4. The Bertz CT molecular complexity index is 813. The largest absolute Gasteiger partial charge is 0.360 e. The van der Waals surface area contributed by atoms with E-state index in [1.54, 1.807) is 6.33 Å². The van der Waals surface area contributed by atoms with Gasteiger partial charge in [-0.2, -0.15) is 0 Å². The van der Waals surface area contributed by atoms with Gasteiger partial charge in [0.15, 0.2) is 0 Å². The zero-order valence-electron chi connectivity index (χ0n) is 15.2. The molecule has 2 aliphatic rings. The van der Waals surface area contributed by atoms with Crippen LogP contribution in [0, 0.1) is 10.8 Å². The van der Waals surface area contributed by atoms with Crippen molar-refractivity contribution in [3.63, 3.8) is 0 Å². The van der Waals surface area contributed by atoms with E-state index in [4.69, 9.17) is 0 Å². The third-order valence-corrected chi connectivity index (χ3v) is 5.69. The summed E-state index contributed by atoms with van der Waals surface area (Å²) in [5.74, 6) is 0.904. The topological polar surface area (TPSA) is 58.1 Å². The molecule has 0 radical (unpaired) electrons. The van der Waals surface area contributed by atoms with Gasteiger partial charge in [-0.05, 0) is 42.2 Å². The standard InChI is InChI=1S/C20H26N4O/c1-19(2)8-14-9-20(3,11-19)12-24(14)17(25)10-21-18-15-6-4-5-7-16(15)22-13-23-18/h4-7,13-14H,8-12H2,1-3H3,(H,21,22,23). The number of likely N-dealkylation sites (tertiary alicyclic amines) is 1. The summed E-state index contributed by atoms with van der Waals surface area (Å²) in [6.07, 6.45) is 4.98. The molecule has 1 saturated heterocycles. The van der Waals surface area contributed by atoms with Crippen LogP contribution in [-0.4, -0.2) is 39.9 Å². The van der Waals surface area contributed by atoms with E-state index in [-0.39, 0.29) is 17.9 Å². The van der Waals surface area contributed by atoms with Crippen molar-refractivity contribution in [3.05, 3.63) is 30.6 Å². The molecule has 0 spiro atoms. The van der Waals surface area contributed by atoms with Crippen LogP contribution in [0.25, 0.3) is 10.9 Å². The van der Waals surface area contributed by atoms with Crippen LogP contribution in [0.3, 0.4) is 0 Å². The molecule has 2 unspecified atom stereocenters. The second-order valence-corrected chi connectivity index (χ2v) is 8.83. The highest BCUT2D eigenvalue weighted by Gasteiger charge is 2.50. The van der Waals surface area contributed by atoms with Crippen LogP contribution in [0.2, 0.25) is 0 Å². The number of para-hydroxylation sites is 1. The Kier molecular flexibility index (Phi) is 3.71. The quantitative estimate of drug-likeness (QED) is 0.931. The van der Waals surface area contributed by atoms with Crippen LogP contribution in [0.5, 0.6) is 0 Å². The maximum absolute atomic E-state index is 12.9. The van der Waals surface area contributed by atoms with Crippen molar-refractivity contribution < 1.29 is 4.79 Å². The number of nitrogens with one attached hydrogen (secondary N) is 1. The molecule has 2 bridgehead atoms. The minimum atomic E-state index is 0.175. The summed E-state index contributed by atoms with van der Waals surface area (Å²) in [7, 11) is 0. The van der Waals surface area contributed by atoms with E-state index < -0.39 is 0 Å². The lowest BCUT2D eigenvalue weighted by molar-refractivity contribution is -0.130. The van der Waals surface area contributed by atoms with Crippen molar-refractivity contribution in [2.75, 3.05) is 18.4 Å². The van der Waals surface area contributed by atoms with Gasteiger partial charge in [0.2, 0.25) is 5.91 Å². The summed E-state index contributed by atoms with van der Waals surface area (Å²) < 4.78 is 0. The zero-order valence-corrected chi connectivity index (χ0v) is 15.2. The fourth-order valence-corrected chi connectivity index (χ4v) is 5.16. The lowest BCUT2D eigenvalue weighted by atomic mass is 9.65. The predicted octanol–water partition coefficient (Wildman–Crippen LogP) is 3.47. The average molecular weight is 338 g/mol. The van der Waals surface area contributed by atoms with Gasteiger partial charge >= 0.3 is 0 Å². The molecule has 2 aromatic rings. The van der Waals surface area contributed by atoms with Gasteiger partial charge in [-0.15, -0.1) is 0 Å². The van der Waals surface area contributed by atoms with E-state index in [2.05, 4.69) is 41.0 Å². The van der Waals surface area contributed by atoms with Crippen molar-refractivity contribution in [1.82, 2.24) is 14.9 Å². The Balaban J connectivity index is 1.48. The van der Waals surface area contributed by atoms with Gasteiger partial charge in [-0.3, -0.25) is 4.79 Å². The van der Waals surface area contributed by atoms with E-state index in [9.17, 15) is 4.79 Å². The monoisotopic (exact) mass is 338 g/mol. The summed E-state index contributed by atoms with van der Waals surface area (Å²) in [6, 6.07) is 8.23. The lowest BCUT2D eigenvalue weighted by Crippen LogP contribution is -2.40. The molecule has 5 nitrogen and oxygen atoms in total. The third-order valence-electron chi connectivity index (χ3n) is 5.69. The van der Waals surface area contributed by atoms with Gasteiger partial charge in [0.05, 0.1) is 12.1 Å². The van der Waals surface area contributed by atoms with E-state index in [0.29, 0.717) is 11.5 Å². The smallest absolute Gasteiger partial charge is 0.242 e. The number of aromatic nitrogens is 2. The second-order valence-electron chi connectivity index (χ2n) is 8.83. The van der Waals surface area contributed by atoms with Gasteiger partial charge in [0, 0.05) is 18.0 Å². The first-order valence-corrected chi connectivity index (χ1v) is 9.08. The number of benzene rings is 1. The molecule has 1 aromatic heterocycles. The number of amides is 1. The fourth-order valence-electron chi connectivity index (χ4n) is 5.16. The number of rotatable bonds is 3. The molecule has 1 aromatic carbocycles. The molecule has 1 aliphatic carbocycles. The number of anilines is 1. The molecule has 25 heavy (non-hydrogen) atoms. The molecule has 132 valence electrons. The highest BCUT2D eigenvalue weighted by Crippen LogP contribution is 2.52. The van der Waals surface area contributed by atoms with Crippen molar-refractivity contribution in [2.24, 2.45) is 10.8 Å². The van der Waals surface area contributed by atoms with Crippen molar-refractivity contribution in [2.45, 2.75) is 46.1 Å². The normalized spacial score (nSPS) is 27.5. The molecule has 4 rings (SSSR count). The van der Waals surface area contributed by atoms with Gasteiger partial charge < -0.3 is 10.2 Å². The van der Waals surface area contributed by atoms with Gasteiger partial charge in [0.1, 0.15) is 12.1 Å². The SMILES string of the molecule is CC1(C)CC2CC(C)(CN2C(=O)CNc2ncnc3ccccc23)C1. The van der Waals surface area contributed by atoms with Gasteiger partial charge in [0.25, 0.3) is 0 Å². The minimum absolute atomic E-state index is 0.175. The van der Waals surface area contributed by atoms with Crippen molar-refractivity contribution in [1.29, 1.82) is 0 Å². The van der Waals surface area contributed by atoms with Crippen molar-refractivity contribution >= 4 is 22.6 Å². The van der Waals surface area contributed by atoms with E-state index in [0.717, 1.165) is 36.1 Å². The fraction of sp³-hybridized carbons (Fsp3) is 0.550. The summed E-state index contributed by atoms with van der Waals surface area (Å²) >= 11 is 0. The van der Waals surface area contributed by atoms with E-state index >= 15 is 0 Å². The number of nitrogens with zero attached hydrogens (tertiary/aromatic N) is 3. The van der Waals surface area contributed by atoms with Gasteiger partial charge in [-0.25, -0.2) is 9.97 Å². The predicted molar refractivity (Wildman–Crippen MR) is 99.3 cm³/mol. The minimum Gasteiger partial charge on any atom is -0.360 e. The van der Waals surface area contributed by atoms with Crippen molar-refractivity contribution in [3.8, 4) is 0 Å². The third kappa shape index (κ3) is 3.08. The summed E-state index contributed by atoms with van der Waals surface area (Å²) in [5, 5.41) is 4.19. The van der Waals surface area contributed by atoms with E-state index in [1.165, 1.54) is 6.42 Å². The van der Waals surface area contributed by atoms with E-state index in [1.807, 2.05) is 24.3 Å². The molecule has 2 heterocycles. The van der Waals surface area contributed by atoms with Gasteiger partial charge in [-0.1, -0.05) is 32.9 Å². The van der Waals surface area contributed by atoms with Crippen LogP contribution < -0.4 is 5.32 Å². The second kappa shape index (κ2) is 5.68. The summed E-state index contributed by atoms with van der Waals surface area (Å²) in [5.41, 5.74) is 1.48. The Hall–Kier alpha value is -2.17. The number of fused-ring (bicyclic) bond motifs is 3. The number of hydrogen-bond donors (Lipinski definition) is 1. The highest BCUT2D eigenvalue weighted by atomic mass is 16.2. The summed E-state index contributed by atoms with van der Waals surface area (Å²) in [6.45, 7) is 8.16. The molecular formula is C20H26N4O. The van der Waals surface area contributed by atoms with Crippen LogP contribution in [0.15, 0.2) is 30.6 Å². The Morgan fingerprint density at radius 1 is 1.24 bits per heavy atom. The molecule has 5 heteroatoms. The molecule has 1 N–H and O–H groups in total. The molecule has 1 saturated carbocycles. The molecular weight excluding hydrogens is 312 g/mol. The van der Waals surface area contributed by atoms with Crippen LogP contribution in [-0.2, 0) is 4.79 Å². The maximum atomic E-state index is 12.9. The zero-order chi connectivity index (χ0) is 17.7. The number of carbonyl (C=O) groups excluding carboxylic acids is 1. The molecule has 1 aliphatic heterocycles. The van der Waals surface area contributed by atoms with Crippen LogP contribution in [0.1, 0.15) is 40.0 Å². The first-order chi connectivity index (χ1) is 11.9. The maximum Gasteiger partial charge on any atom is 0.242 e. The lowest BCUT2D eigenvalue weighted by Gasteiger charge is -2.39.